The lowest BCUT2D eigenvalue weighted by molar-refractivity contribution is 0.595. The number of hydrogen-bond donors (Lipinski definition) is 1. The first kappa shape index (κ1) is 7.58. The van der Waals surface area contributed by atoms with Crippen molar-refractivity contribution < 1.29 is 8.42 Å². The van der Waals surface area contributed by atoms with Crippen LogP contribution in [0.2, 0.25) is 0 Å². The molecule has 1 aromatic heterocycles. The maximum atomic E-state index is 10.5. The Morgan fingerprint density at radius 1 is 1.50 bits per heavy atom. The fraction of sp³-hybridized carbons (Fsp3) is 0.333. The van der Waals surface area contributed by atoms with Crippen LogP contribution in [0.5, 0.6) is 0 Å². The molecule has 1 rings (SSSR count). The van der Waals surface area contributed by atoms with Crippen molar-refractivity contribution in [2.45, 2.75) is 11.3 Å². The van der Waals surface area contributed by atoms with Crippen LogP contribution in [0.1, 0.15) is 5.01 Å². The molecule has 0 spiro atoms. The Hall–Kier alpha value is -0.530. The van der Waals surface area contributed by atoms with E-state index in [0.717, 1.165) is 11.3 Å². The maximum absolute atomic E-state index is 10.5. The van der Waals surface area contributed by atoms with Gasteiger partial charge >= 0.3 is 0 Å². The summed E-state index contributed by atoms with van der Waals surface area (Å²) in [5.41, 5.74) is 0. The molecule has 0 saturated heterocycles. The predicted octanol–water partition coefficient (Wildman–Crippen LogP) is -0.506. The summed E-state index contributed by atoms with van der Waals surface area (Å²) < 4.78 is 20.9. The molecule has 0 aliphatic rings. The zero-order chi connectivity index (χ0) is 7.78. The number of primary sulfonamides is 1. The van der Waals surface area contributed by atoms with Crippen molar-refractivity contribution in [3.63, 3.8) is 0 Å². The third-order valence-electron chi connectivity index (χ3n) is 0.751. The van der Waals surface area contributed by atoms with Crippen molar-refractivity contribution in [3.8, 4) is 0 Å². The fourth-order valence-corrected chi connectivity index (χ4v) is 1.79. The zero-order valence-electron chi connectivity index (χ0n) is 5.10. The molecule has 0 aliphatic heterocycles. The van der Waals surface area contributed by atoms with Gasteiger partial charge in [-0.15, -0.1) is 10.2 Å². The first-order chi connectivity index (χ1) is 4.50. The molecule has 0 saturated carbocycles. The minimum atomic E-state index is -3.64. The van der Waals surface area contributed by atoms with Gasteiger partial charge in [0.15, 0.2) is 0 Å². The Morgan fingerprint density at radius 2 is 2.10 bits per heavy atom. The molecule has 5 nitrogen and oxygen atoms in total. The van der Waals surface area contributed by atoms with Crippen molar-refractivity contribution in [1.29, 1.82) is 0 Å². The zero-order valence-corrected chi connectivity index (χ0v) is 6.74. The molecule has 7 heteroatoms. The summed E-state index contributed by atoms with van der Waals surface area (Å²) in [5.74, 6) is 0. The van der Waals surface area contributed by atoms with E-state index in [2.05, 4.69) is 10.2 Å². The van der Waals surface area contributed by atoms with Gasteiger partial charge in [-0.2, -0.15) is 0 Å². The third kappa shape index (κ3) is 1.49. The van der Waals surface area contributed by atoms with Crippen LogP contribution in [-0.2, 0) is 10.0 Å². The molecule has 0 fully saturated rings. The highest BCUT2D eigenvalue weighted by molar-refractivity contribution is 7.91. The van der Waals surface area contributed by atoms with E-state index in [1.165, 1.54) is 0 Å². The highest BCUT2D eigenvalue weighted by atomic mass is 32.2. The molecule has 1 aromatic rings. The molecule has 0 bridgehead atoms. The summed E-state index contributed by atoms with van der Waals surface area (Å²) >= 11 is 0.959. The Labute approximate surface area is 61.9 Å². The van der Waals surface area contributed by atoms with Gasteiger partial charge in [-0.3, -0.25) is 0 Å². The minimum absolute atomic E-state index is 0.134. The summed E-state index contributed by atoms with van der Waals surface area (Å²) in [6, 6.07) is 0. The topological polar surface area (TPSA) is 85.9 Å². The van der Waals surface area contributed by atoms with E-state index in [-0.39, 0.29) is 4.34 Å². The van der Waals surface area contributed by atoms with Crippen LogP contribution in [0.25, 0.3) is 0 Å². The van der Waals surface area contributed by atoms with Gasteiger partial charge in [-0.25, -0.2) is 13.6 Å². The fourth-order valence-electron chi connectivity index (χ4n) is 0.393. The van der Waals surface area contributed by atoms with E-state index in [0.29, 0.717) is 5.01 Å². The van der Waals surface area contributed by atoms with Crippen molar-refractivity contribution in [2.24, 2.45) is 5.14 Å². The number of nitrogens with two attached hydrogens (primary N) is 1. The molecular formula is C3H5N3O2S2. The van der Waals surface area contributed by atoms with Crippen molar-refractivity contribution in [2.75, 3.05) is 0 Å². The van der Waals surface area contributed by atoms with E-state index in [4.69, 9.17) is 5.14 Å². The van der Waals surface area contributed by atoms with Gasteiger partial charge in [0.1, 0.15) is 5.01 Å². The molecule has 0 aromatic carbocycles. The lowest BCUT2D eigenvalue weighted by Crippen LogP contribution is -2.11. The van der Waals surface area contributed by atoms with Crippen LogP contribution in [0, 0.1) is 6.92 Å². The lowest BCUT2D eigenvalue weighted by atomic mass is 10.9. The molecule has 1 heterocycles. The van der Waals surface area contributed by atoms with E-state index in [9.17, 15) is 8.42 Å². The van der Waals surface area contributed by atoms with Gasteiger partial charge in [0.05, 0.1) is 0 Å². The molecule has 0 amide bonds. The quantitative estimate of drug-likeness (QED) is 0.629. The van der Waals surface area contributed by atoms with Crippen LogP contribution in [-0.4, -0.2) is 18.6 Å². The number of sulfonamides is 1. The second kappa shape index (κ2) is 2.26. The largest absolute Gasteiger partial charge is 0.267 e. The SMILES string of the molecule is Cc1nnc(S(N)(=O)=O)s1. The average Bonchev–Trinajstić information content (AvgIpc) is 2.11. The van der Waals surface area contributed by atoms with Crippen molar-refractivity contribution in [1.82, 2.24) is 10.2 Å². The van der Waals surface area contributed by atoms with Gasteiger partial charge in [-0.1, -0.05) is 11.3 Å². The summed E-state index contributed by atoms with van der Waals surface area (Å²) in [6.07, 6.45) is 0. The van der Waals surface area contributed by atoms with Crippen LogP contribution in [0.3, 0.4) is 0 Å². The lowest BCUT2D eigenvalue weighted by Gasteiger charge is -1.83. The minimum Gasteiger partial charge on any atom is -0.223 e. The molecule has 56 valence electrons. The second-order valence-corrected chi connectivity index (χ2v) is 4.55. The maximum Gasteiger partial charge on any atom is 0.267 e. The molecular weight excluding hydrogens is 174 g/mol. The molecule has 0 atom stereocenters. The summed E-state index contributed by atoms with van der Waals surface area (Å²) in [5, 5.41) is 12.2. The number of aryl methyl sites for hydroxylation is 1. The van der Waals surface area contributed by atoms with Crippen LogP contribution >= 0.6 is 11.3 Å². The molecule has 2 N–H and O–H groups in total. The molecule has 0 unspecified atom stereocenters. The van der Waals surface area contributed by atoms with Gasteiger partial charge in [-0.05, 0) is 6.92 Å². The number of rotatable bonds is 1. The highest BCUT2D eigenvalue weighted by Gasteiger charge is 2.12. The van der Waals surface area contributed by atoms with Crippen molar-refractivity contribution >= 4 is 21.4 Å². The summed E-state index contributed by atoms with van der Waals surface area (Å²) in [7, 11) is -3.64. The monoisotopic (exact) mass is 179 g/mol. The Bertz CT molecular complexity index is 327. The van der Waals surface area contributed by atoms with E-state index < -0.39 is 10.0 Å². The average molecular weight is 179 g/mol. The number of aromatic nitrogens is 2. The van der Waals surface area contributed by atoms with Gasteiger partial charge in [0, 0.05) is 0 Å². The van der Waals surface area contributed by atoms with Gasteiger partial charge < -0.3 is 0 Å². The van der Waals surface area contributed by atoms with Gasteiger partial charge in [0.25, 0.3) is 10.0 Å². The van der Waals surface area contributed by atoms with Crippen molar-refractivity contribution in [3.05, 3.63) is 5.01 Å². The molecule has 10 heavy (non-hydrogen) atoms. The van der Waals surface area contributed by atoms with E-state index in [1.54, 1.807) is 6.92 Å². The summed E-state index contributed by atoms with van der Waals surface area (Å²) in [4.78, 5) is 0. The highest BCUT2D eigenvalue weighted by Crippen LogP contribution is 2.11. The standard InChI is InChI=1S/C3H5N3O2S2/c1-2-5-6-3(9-2)10(4,7)8/h1H3,(H2,4,7,8). The van der Waals surface area contributed by atoms with Crippen LogP contribution in [0.4, 0.5) is 0 Å². The van der Waals surface area contributed by atoms with E-state index >= 15 is 0 Å². The number of nitrogens with zero attached hydrogens (tertiary/aromatic N) is 2. The molecule has 0 aliphatic carbocycles. The third-order valence-corrected chi connectivity index (χ3v) is 2.90. The second-order valence-electron chi connectivity index (χ2n) is 1.63. The first-order valence-electron chi connectivity index (χ1n) is 2.33. The van der Waals surface area contributed by atoms with E-state index in [1.807, 2.05) is 0 Å². The smallest absolute Gasteiger partial charge is 0.223 e. The predicted molar refractivity (Wildman–Crippen MR) is 36.0 cm³/mol. The first-order valence-corrected chi connectivity index (χ1v) is 4.69. The number of hydrogen-bond acceptors (Lipinski definition) is 5. The van der Waals surface area contributed by atoms with Gasteiger partial charge in [0.2, 0.25) is 4.34 Å². The Kier molecular flexibility index (Phi) is 1.71. The van der Waals surface area contributed by atoms with Crippen LogP contribution < -0.4 is 5.14 Å². The van der Waals surface area contributed by atoms with Crippen LogP contribution in [0.15, 0.2) is 4.34 Å². The normalized spacial score (nSPS) is 11.8. The summed E-state index contributed by atoms with van der Waals surface area (Å²) in [6.45, 7) is 1.66. The Morgan fingerprint density at radius 3 is 2.30 bits per heavy atom. The Balaban J connectivity index is 3.21. The molecule has 0 radical (unpaired) electrons.